The third kappa shape index (κ3) is 7.16. The van der Waals surface area contributed by atoms with E-state index in [0.29, 0.717) is 31.7 Å². The smallest absolute Gasteiger partial charge is 0.322 e. The number of aromatic nitrogens is 1. The van der Waals surface area contributed by atoms with Gasteiger partial charge >= 0.3 is 6.03 Å². The predicted molar refractivity (Wildman–Crippen MR) is 153 cm³/mol. The van der Waals surface area contributed by atoms with Crippen molar-refractivity contribution in [2.75, 3.05) is 31.2 Å². The molecule has 8 heteroatoms. The van der Waals surface area contributed by atoms with Crippen molar-refractivity contribution in [3.63, 3.8) is 0 Å². The Balaban J connectivity index is 1.48. The highest BCUT2D eigenvalue weighted by Gasteiger charge is 2.22. The first-order valence-corrected chi connectivity index (χ1v) is 14.0. The third-order valence-corrected chi connectivity index (χ3v) is 7.16. The van der Waals surface area contributed by atoms with Crippen LogP contribution < -0.4 is 5.32 Å². The van der Waals surface area contributed by atoms with E-state index in [2.05, 4.69) is 16.4 Å². The van der Waals surface area contributed by atoms with E-state index in [1.54, 1.807) is 33.7 Å². The number of hydrogen-bond acceptors (Lipinski definition) is 3. The molecule has 6 nitrogen and oxygen atoms in total. The van der Waals surface area contributed by atoms with Crippen LogP contribution in [0.3, 0.4) is 0 Å². The number of halogens is 1. The lowest BCUT2D eigenvalue weighted by atomic mass is 10.1. The van der Waals surface area contributed by atoms with Crippen LogP contribution in [0.4, 0.5) is 14.9 Å². The van der Waals surface area contributed by atoms with Crippen molar-refractivity contribution in [3.8, 4) is 0 Å². The van der Waals surface area contributed by atoms with Crippen molar-refractivity contribution >= 4 is 40.3 Å². The van der Waals surface area contributed by atoms with Crippen molar-refractivity contribution in [2.45, 2.75) is 31.2 Å². The molecule has 0 fully saturated rings. The van der Waals surface area contributed by atoms with Gasteiger partial charge in [0.25, 0.3) is 0 Å². The molecule has 0 atom stereocenters. The second-order valence-electron chi connectivity index (χ2n) is 9.13. The summed E-state index contributed by atoms with van der Waals surface area (Å²) in [5.41, 5.74) is 3.69. The van der Waals surface area contributed by atoms with Gasteiger partial charge in [-0.25, -0.2) is 9.18 Å². The number of para-hydroxylation sites is 1. The lowest BCUT2D eigenvalue weighted by Gasteiger charge is -2.28. The van der Waals surface area contributed by atoms with Crippen LogP contribution in [0.25, 0.3) is 10.9 Å². The van der Waals surface area contributed by atoms with Crippen LogP contribution in [0.2, 0.25) is 0 Å². The van der Waals surface area contributed by atoms with Crippen molar-refractivity contribution in [3.05, 3.63) is 95.9 Å². The second-order valence-corrected chi connectivity index (χ2v) is 10.0. The maximum atomic E-state index is 13.6. The van der Waals surface area contributed by atoms with Crippen LogP contribution in [0.5, 0.6) is 0 Å². The number of carbonyl (C=O) groups is 2. The minimum absolute atomic E-state index is 0.0440. The van der Waals surface area contributed by atoms with Gasteiger partial charge in [0.1, 0.15) is 12.4 Å². The Morgan fingerprint density at radius 3 is 2.39 bits per heavy atom. The fourth-order valence-corrected chi connectivity index (χ4v) is 4.77. The molecule has 0 aliphatic heterocycles. The van der Waals surface area contributed by atoms with Gasteiger partial charge in [0.2, 0.25) is 5.91 Å². The molecule has 0 spiro atoms. The van der Waals surface area contributed by atoms with Gasteiger partial charge in [-0.15, -0.1) is 11.8 Å². The largest absolute Gasteiger partial charge is 0.361 e. The summed E-state index contributed by atoms with van der Waals surface area (Å²) in [6, 6.07) is 21.6. The van der Waals surface area contributed by atoms with Crippen LogP contribution in [0, 0.1) is 5.82 Å². The number of aromatic amines is 1. The molecule has 0 aliphatic carbocycles. The highest BCUT2D eigenvalue weighted by atomic mass is 32.2. The van der Waals surface area contributed by atoms with E-state index in [4.69, 9.17) is 0 Å². The molecule has 1 heterocycles. The standard InChI is InChI=1S/C30H33FN4O2S/c1-3-17-35(30(37)33-25-12-14-26(38-2)15-13-25)21-29(36)34(20-22-8-10-24(31)11-9-22)18-16-23-19-32-28-7-5-4-6-27(23)28/h4-15,19,32H,3,16-18,20-21H2,1-2H3,(H,33,37). The van der Waals surface area contributed by atoms with Gasteiger partial charge in [-0.05, 0) is 72.7 Å². The summed E-state index contributed by atoms with van der Waals surface area (Å²) in [5, 5.41) is 4.04. The fourth-order valence-electron chi connectivity index (χ4n) is 4.36. The van der Waals surface area contributed by atoms with Crippen molar-refractivity contribution in [1.29, 1.82) is 0 Å². The lowest BCUT2D eigenvalue weighted by molar-refractivity contribution is -0.132. The summed E-state index contributed by atoms with van der Waals surface area (Å²) in [6.45, 7) is 3.19. The molecular weight excluding hydrogens is 499 g/mol. The van der Waals surface area contributed by atoms with Crippen molar-refractivity contribution in [1.82, 2.24) is 14.8 Å². The molecule has 3 amide bonds. The molecule has 0 bridgehead atoms. The zero-order valence-corrected chi connectivity index (χ0v) is 22.6. The zero-order chi connectivity index (χ0) is 26.9. The van der Waals surface area contributed by atoms with E-state index in [1.807, 2.05) is 61.8 Å². The number of nitrogens with one attached hydrogen (secondary N) is 2. The number of H-pyrrole nitrogens is 1. The molecule has 38 heavy (non-hydrogen) atoms. The number of anilines is 1. The Bertz CT molecular complexity index is 1350. The topological polar surface area (TPSA) is 68.4 Å². The van der Waals surface area contributed by atoms with E-state index in [9.17, 15) is 14.0 Å². The summed E-state index contributed by atoms with van der Waals surface area (Å²) in [6.07, 6.45) is 5.35. The van der Waals surface area contributed by atoms with Gasteiger partial charge < -0.3 is 20.1 Å². The fraction of sp³-hybridized carbons (Fsp3) is 0.267. The number of fused-ring (bicyclic) bond motifs is 1. The summed E-state index contributed by atoms with van der Waals surface area (Å²) in [5.74, 6) is -0.475. The molecule has 1 aromatic heterocycles. The Hall–Kier alpha value is -3.78. The number of hydrogen-bond donors (Lipinski definition) is 2. The molecule has 0 radical (unpaired) electrons. The molecule has 2 N–H and O–H groups in total. The molecule has 198 valence electrons. The van der Waals surface area contributed by atoms with E-state index >= 15 is 0 Å². The van der Waals surface area contributed by atoms with Crippen LogP contribution >= 0.6 is 11.8 Å². The first-order chi connectivity index (χ1) is 18.5. The van der Waals surface area contributed by atoms with Crippen molar-refractivity contribution in [2.24, 2.45) is 0 Å². The number of rotatable bonds is 11. The molecule has 0 saturated heterocycles. The van der Waals surface area contributed by atoms with Gasteiger partial charge in [0, 0.05) is 47.3 Å². The molecule has 4 rings (SSSR count). The maximum absolute atomic E-state index is 13.6. The minimum atomic E-state index is -0.318. The normalized spacial score (nSPS) is 10.9. The van der Waals surface area contributed by atoms with Gasteiger partial charge in [-0.2, -0.15) is 0 Å². The van der Waals surface area contributed by atoms with E-state index < -0.39 is 0 Å². The number of nitrogens with zero attached hydrogens (tertiary/aromatic N) is 2. The summed E-state index contributed by atoms with van der Waals surface area (Å²) >= 11 is 1.63. The molecule has 0 saturated carbocycles. The van der Waals surface area contributed by atoms with Gasteiger partial charge in [0.15, 0.2) is 0 Å². The summed E-state index contributed by atoms with van der Waals surface area (Å²) in [7, 11) is 0. The van der Waals surface area contributed by atoms with Crippen LogP contribution in [0.1, 0.15) is 24.5 Å². The van der Waals surface area contributed by atoms with Gasteiger partial charge in [-0.3, -0.25) is 4.79 Å². The van der Waals surface area contributed by atoms with Crippen LogP contribution in [-0.2, 0) is 17.8 Å². The first-order valence-electron chi connectivity index (χ1n) is 12.7. The molecular formula is C30H33FN4O2S. The Morgan fingerprint density at radius 2 is 1.68 bits per heavy atom. The average molecular weight is 533 g/mol. The first kappa shape index (κ1) is 27.3. The molecule has 4 aromatic rings. The van der Waals surface area contributed by atoms with Crippen LogP contribution in [-0.4, -0.2) is 52.6 Å². The number of urea groups is 1. The SMILES string of the molecule is CCCN(CC(=O)N(CCc1c[nH]c2ccccc12)Cc1ccc(F)cc1)C(=O)Nc1ccc(SC)cc1. The predicted octanol–water partition coefficient (Wildman–Crippen LogP) is 6.54. The summed E-state index contributed by atoms with van der Waals surface area (Å²) in [4.78, 5) is 34.4. The number of thioether (sulfide) groups is 1. The number of carbonyl (C=O) groups excluding carboxylic acids is 2. The summed E-state index contributed by atoms with van der Waals surface area (Å²) < 4.78 is 13.5. The van der Waals surface area contributed by atoms with Crippen LogP contribution in [0.15, 0.2) is 83.9 Å². The van der Waals surface area contributed by atoms with Gasteiger partial charge in [-0.1, -0.05) is 37.3 Å². The highest BCUT2D eigenvalue weighted by molar-refractivity contribution is 7.98. The maximum Gasteiger partial charge on any atom is 0.322 e. The van der Waals surface area contributed by atoms with Crippen molar-refractivity contribution < 1.29 is 14.0 Å². The minimum Gasteiger partial charge on any atom is -0.361 e. The third-order valence-electron chi connectivity index (χ3n) is 6.41. The molecule has 3 aromatic carbocycles. The monoisotopic (exact) mass is 532 g/mol. The Kier molecular flexibility index (Phi) is 9.43. The van der Waals surface area contributed by atoms with Gasteiger partial charge in [0.05, 0.1) is 0 Å². The second kappa shape index (κ2) is 13.1. The van der Waals surface area contributed by atoms with E-state index in [1.165, 1.54) is 12.1 Å². The average Bonchev–Trinajstić information content (AvgIpc) is 3.35. The van der Waals surface area contributed by atoms with E-state index in [-0.39, 0.29) is 24.3 Å². The molecule has 0 aliphatic rings. The Labute approximate surface area is 227 Å². The zero-order valence-electron chi connectivity index (χ0n) is 21.7. The Morgan fingerprint density at radius 1 is 0.947 bits per heavy atom. The highest BCUT2D eigenvalue weighted by Crippen LogP contribution is 2.20. The quantitative estimate of drug-likeness (QED) is 0.215. The number of amides is 3. The van der Waals surface area contributed by atoms with E-state index in [0.717, 1.165) is 33.3 Å². The lowest BCUT2D eigenvalue weighted by Crippen LogP contribution is -2.45. The molecule has 0 unspecified atom stereocenters. The number of benzene rings is 3.